The van der Waals surface area contributed by atoms with Gasteiger partial charge in [0.05, 0.1) is 11.1 Å². The average molecular weight is 940 g/mol. The number of hydrogen-bond acceptors (Lipinski definition) is 1. The van der Waals surface area contributed by atoms with Crippen molar-refractivity contribution in [3.8, 4) is 55.6 Å². The number of fused-ring (bicyclic) bond motifs is 7. The molecule has 0 aliphatic heterocycles. The molecule has 0 saturated carbocycles. The highest BCUT2D eigenvalue weighted by molar-refractivity contribution is 6.22. The van der Waals surface area contributed by atoms with Crippen molar-refractivity contribution in [2.24, 2.45) is 0 Å². The number of para-hydroxylation sites is 1. The second kappa shape index (κ2) is 17.9. The topological polar surface area (TPSA) is 3.24 Å². The van der Waals surface area contributed by atoms with Crippen molar-refractivity contribution in [1.29, 1.82) is 0 Å². The molecule has 1 nitrogen and oxygen atoms in total. The molecule has 0 bridgehead atoms. The lowest BCUT2D eigenvalue weighted by Gasteiger charge is -2.35. The molecule has 0 aromatic heterocycles. The van der Waals surface area contributed by atoms with Gasteiger partial charge in [-0.25, -0.2) is 0 Å². The van der Waals surface area contributed by atoms with E-state index in [0.29, 0.717) is 0 Å². The Morgan fingerprint density at radius 3 is 1.49 bits per heavy atom. The molecule has 1 aliphatic carbocycles. The van der Waals surface area contributed by atoms with Crippen molar-refractivity contribution < 1.29 is 0 Å². The van der Waals surface area contributed by atoms with E-state index in [0.717, 1.165) is 33.8 Å². The summed E-state index contributed by atoms with van der Waals surface area (Å²) in [5, 5.41) is 7.40. The Labute approximate surface area is 432 Å². The molecule has 74 heavy (non-hydrogen) atoms. The molecule has 0 saturated heterocycles. The fourth-order valence-corrected chi connectivity index (χ4v) is 12.3. The summed E-state index contributed by atoms with van der Waals surface area (Å²) in [5.41, 5.74) is 19.7. The summed E-state index contributed by atoms with van der Waals surface area (Å²) in [6.45, 7) is 0. The molecule has 0 atom stereocenters. The fraction of sp³-hybridized carbons (Fsp3) is 0.0137. The van der Waals surface area contributed by atoms with Crippen molar-refractivity contribution in [3.63, 3.8) is 0 Å². The van der Waals surface area contributed by atoms with Crippen LogP contribution in [0.25, 0.3) is 88.0 Å². The zero-order chi connectivity index (χ0) is 49.0. The number of rotatable bonds is 9. The molecule has 14 rings (SSSR count). The van der Waals surface area contributed by atoms with E-state index in [2.05, 4.69) is 302 Å². The third kappa shape index (κ3) is 7.00. The van der Waals surface area contributed by atoms with E-state index in [1.165, 1.54) is 93.5 Å². The Bertz CT molecular complexity index is 4200. The summed E-state index contributed by atoms with van der Waals surface area (Å²) in [6, 6.07) is 110. The second-order valence-electron chi connectivity index (χ2n) is 19.5. The van der Waals surface area contributed by atoms with Crippen molar-refractivity contribution in [2.75, 3.05) is 4.90 Å². The van der Waals surface area contributed by atoms with E-state index < -0.39 is 5.41 Å². The van der Waals surface area contributed by atoms with Crippen LogP contribution in [0.4, 0.5) is 17.1 Å². The number of nitrogens with zero attached hydrogens (tertiary/aromatic N) is 1. The molecule has 13 aromatic rings. The van der Waals surface area contributed by atoms with E-state index in [1.54, 1.807) is 0 Å². The smallest absolute Gasteiger partial charge is 0.0714 e. The monoisotopic (exact) mass is 939 g/mol. The lowest BCUT2D eigenvalue weighted by molar-refractivity contribution is 0.768. The Morgan fingerprint density at radius 1 is 0.243 bits per heavy atom. The maximum Gasteiger partial charge on any atom is 0.0714 e. The molecule has 0 spiro atoms. The van der Waals surface area contributed by atoms with Gasteiger partial charge in [-0.2, -0.15) is 0 Å². The van der Waals surface area contributed by atoms with Gasteiger partial charge < -0.3 is 4.90 Å². The molecular formula is C73H49N. The minimum absolute atomic E-state index is 0.562. The Morgan fingerprint density at radius 2 is 0.757 bits per heavy atom. The summed E-state index contributed by atoms with van der Waals surface area (Å²) < 4.78 is 0. The molecule has 0 N–H and O–H groups in total. The van der Waals surface area contributed by atoms with Crippen molar-refractivity contribution in [3.05, 3.63) is 320 Å². The van der Waals surface area contributed by atoms with Gasteiger partial charge in [0.15, 0.2) is 0 Å². The third-order valence-corrected chi connectivity index (χ3v) is 15.5. The van der Waals surface area contributed by atoms with Gasteiger partial charge in [0.1, 0.15) is 0 Å². The average Bonchev–Trinajstić information content (AvgIpc) is 3.86. The van der Waals surface area contributed by atoms with Gasteiger partial charge in [-0.05, 0) is 147 Å². The van der Waals surface area contributed by atoms with Gasteiger partial charge in [-0.3, -0.25) is 0 Å². The van der Waals surface area contributed by atoms with Gasteiger partial charge >= 0.3 is 0 Å². The molecule has 13 aromatic carbocycles. The van der Waals surface area contributed by atoms with E-state index >= 15 is 0 Å². The van der Waals surface area contributed by atoms with Crippen LogP contribution in [-0.2, 0) is 5.41 Å². The van der Waals surface area contributed by atoms with Crippen LogP contribution in [0, 0.1) is 0 Å². The third-order valence-electron chi connectivity index (χ3n) is 15.5. The van der Waals surface area contributed by atoms with Crippen LogP contribution in [0.5, 0.6) is 0 Å². The van der Waals surface area contributed by atoms with E-state index in [-0.39, 0.29) is 0 Å². The summed E-state index contributed by atoms with van der Waals surface area (Å²) in [7, 11) is 0. The van der Waals surface area contributed by atoms with Crippen molar-refractivity contribution in [2.45, 2.75) is 5.41 Å². The molecule has 0 unspecified atom stereocenters. The molecule has 0 radical (unpaired) electrons. The zero-order valence-corrected chi connectivity index (χ0v) is 40.7. The normalized spacial score (nSPS) is 12.4. The molecular weight excluding hydrogens is 891 g/mol. The second-order valence-corrected chi connectivity index (χ2v) is 19.5. The first kappa shape index (κ1) is 43.2. The molecule has 0 fully saturated rings. The van der Waals surface area contributed by atoms with Gasteiger partial charge in [0.25, 0.3) is 0 Å². The maximum atomic E-state index is 2.50. The Balaban J connectivity index is 1.03. The standard InChI is InChI=1S/C73H49N/c1-5-23-51(24-6-1)71-66-37-16-15-35-62(66)63-44-42-56(48-67(63)72(71)52-25-7-2-8-26-52)61-34-18-20-39-70(61)74(59-33-21-28-54(47-59)55-41-40-50-22-13-14-27-53(50)46-55)60-43-45-65-64-36-17-19-38-68(64)73(69(65)49-60,57-29-9-3-10-30-57)58-31-11-4-12-32-58/h1-49H. The van der Waals surface area contributed by atoms with Crippen LogP contribution in [-0.4, -0.2) is 0 Å². The van der Waals surface area contributed by atoms with Gasteiger partial charge in [-0.15, -0.1) is 0 Å². The van der Waals surface area contributed by atoms with E-state index in [9.17, 15) is 0 Å². The fourth-order valence-electron chi connectivity index (χ4n) is 12.3. The first-order valence-corrected chi connectivity index (χ1v) is 25.7. The first-order valence-electron chi connectivity index (χ1n) is 25.7. The van der Waals surface area contributed by atoms with Gasteiger partial charge in [0, 0.05) is 16.9 Å². The predicted molar refractivity (Wildman–Crippen MR) is 313 cm³/mol. The molecule has 346 valence electrons. The van der Waals surface area contributed by atoms with Crippen molar-refractivity contribution in [1.82, 2.24) is 0 Å². The lowest BCUT2D eigenvalue weighted by Crippen LogP contribution is -2.28. The molecule has 0 amide bonds. The van der Waals surface area contributed by atoms with Crippen LogP contribution in [0.15, 0.2) is 297 Å². The highest BCUT2D eigenvalue weighted by Gasteiger charge is 2.46. The maximum absolute atomic E-state index is 2.50. The van der Waals surface area contributed by atoms with Gasteiger partial charge in [0.2, 0.25) is 0 Å². The zero-order valence-electron chi connectivity index (χ0n) is 40.7. The summed E-state index contributed by atoms with van der Waals surface area (Å²) in [4.78, 5) is 2.50. The Hall–Kier alpha value is -9.56. The minimum Gasteiger partial charge on any atom is -0.310 e. The van der Waals surface area contributed by atoms with E-state index in [4.69, 9.17) is 0 Å². The summed E-state index contributed by atoms with van der Waals surface area (Å²) in [5.74, 6) is 0. The van der Waals surface area contributed by atoms with Crippen LogP contribution >= 0.6 is 0 Å². The van der Waals surface area contributed by atoms with Crippen LogP contribution in [0.1, 0.15) is 22.3 Å². The lowest BCUT2D eigenvalue weighted by atomic mass is 9.67. The Kier molecular flexibility index (Phi) is 10.5. The molecule has 0 heterocycles. The van der Waals surface area contributed by atoms with Crippen LogP contribution in [0.2, 0.25) is 0 Å². The highest BCUT2D eigenvalue weighted by Crippen LogP contribution is 2.58. The van der Waals surface area contributed by atoms with Crippen LogP contribution < -0.4 is 4.90 Å². The van der Waals surface area contributed by atoms with Crippen LogP contribution in [0.3, 0.4) is 0 Å². The largest absolute Gasteiger partial charge is 0.310 e. The first-order chi connectivity index (χ1) is 36.7. The van der Waals surface area contributed by atoms with Crippen molar-refractivity contribution >= 4 is 49.4 Å². The number of anilines is 3. The van der Waals surface area contributed by atoms with Gasteiger partial charge in [-0.1, -0.05) is 255 Å². The summed E-state index contributed by atoms with van der Waals surface area (Å²) in [6.07, 6.45) is 0. The molecule has 1 aliphatic rings. The highest BCUT2D eigenvalue weighted by atomic mass is 15.1. The minimum atomic E-state index is -0.562. The van der Waals surface area contributed by atoms with E-state index in [1.807, 2.05) is 0 Å². The summed E-state index contributed by atoms with van der Waals surface area (Å²) >= 11 is 0. The number of benzene rings is 13. The predicted octanol–water partition coefficient (Wildman–Crippen LogP) is 19.6. The number of hydrogen-bond donors (Lipinski definition) is 0. The SMILES string of the molecule is c1ccc(-c2c(-c3ccccc3)c3cc(-c4ccccc4N(c4cccc(-c5ccc6ccccc6c5)c4)c4ccc5c(c4)C(c4ccccc4)(c4ccccc4)c4ccccc4-5)ccc3c3ccccc23)cc1. The molecule has 1 heteroatoms. The quantitative estimate of drug-likeness (QED) is 0.130.